The second kappa shape index (κ2) is 17.1. The van der Waals surface area contributed by atoms with Gasteiger partial charge >= 0.3 is 0 Å². The summed E-state index contributed by atoms with van der Waals surface area (Å²) in [6, 6.07) is 61.8. The number of nitrogens with zero attached hydrogens (tertiary/aromatic N) is 3. The largest absolute Gasteiger partial charge is 0.311 e. The van der Waals surface area contributed by atoms with Gasteiger partial charge in [-0.15, -0.1) is 0 Å². The molecular weight excluding hydrogens is 954 g/mol. The molecule has 8 aromatic rings. The van der Waals surface area contributed by atoms with Gasteiger partial charge in [-0.05, 0) is 203 Å². The Kier molecular flexibility index (Phi) is 11.2. The normalized spacial score (nSPS) is 18.4. The minimum absolute atomic E-state index is 0.0149. The van der Waals surface area contributed by atoms with E-state index in [2.05, 4.69) is 283 Å². The SMILES string of the molecule is CC(C)(C)c1cc2c3c(c1)N(c1ccc4c(c1C(C)(C)C)C(C)(C)c1ccccc1-4)c1cc(N(c4ccccc4)c4ccccc4)ccc1B3c1cc3c(cc1N2c1ccc2c(c1)C(C)(C)CCC2(C)C)C(C)(C)CCC3(C)C. The van der Waals surface area contributed by atoms with Crippen LogP contribution in [0.5, 0.6) is 0 Å². The highest BCUT2D eigenvalue weighted by Crippen LogP contribution is 2.58. The van der Waals surface area contributed by atoms with Gasteiger partial charge in [-0.2, -0.15) is 0 Å². The molecule has 0 amide bonds. The summed E-state index contributed by atoms with van der Waals surface area (Å²) in [5, 5.41) is 0. The first-order valence-corrected chi connectivity index (χ1v) is 29.6. The highest BCUT2D eigenvalue weighted by atomic mass is 15.2. The zero-order chi connectivity index (χ0) is 55.7. The third kappa shape index (κ3) is 7.80. The number of benzene rings is 8. The first-order chi connectivity index (χ1) is 37.2. The van der Waals surface area contributed by atoms with Crippen molar-refractivity contribution in [2.75, 3.05) is 14.7 Å². The maximum Gasteiger partial charge on any atom is 0.252 e. The molecule has 0 radical (unpaired) electrons. The molecule has 3 aliphatic carbocycles. The standard InChI is InChI=1S/C75H82BN3/c1-69(2,3)47-41-64-68-65(42-47)79(61-36-33-53-52-29-23-24-30-54(52)75(15,16)66(53)67(61)70(4,5)6)62-44-51(77(48-25-19-17-20-26-48)49-27-21-18-22-28-49)32-35-59(62)76(68)60-45-57-58(74(13,14)40-39-73(57,11)12)46-63(60)78(64)50-31-34-55-56(43-50)72(9,10)38-37-71(55,7)8/h17-36,41-46H,37-40H2,1-16H3. The number of hydrogen-bond acceptors (Lipinski definition) is 3. The van der Waals surface area contributed by atoms with Crippen LogP contribution in [0.15, 0.2) is 158 Å². The Morgan fingerprint density at radius 2 is 0.924 bits per heavy atom. The second-order valence-corrected chi connectivity index (χ2v) is 29.6. The first kappa shape index (κ1) is 51.6. The molecular formula is C75H82BN3. The van der Waals surface area contributed by atoms with E-state index in [-0.39, 0.29) is 44.6 Å². The van der Waals surface area contributed by atoms with Crippen LogP contribution in [0.4, 0.5) is 51.2 Å². The van der Waals surface area contributed by atoms with Crippen LogP contribution in [-0.2, 0) is 37.9 Å². The van der Waals surface area contributed by atoms with Crippen LogP contribution in [-0.4, -0.2) is 6.71 Å². The third-order valence-electron chi connectivity index (χ3n) is 20.0. The molecule has 13 rings (SSSR count). The summed E-state index contributed by atoms with van der Waals surface area (Å²) in [6.07, 6.45) is 4.67. The summed E-state index contributed by atoms with van der Waals surface area (Å²) < 4.78 is 0. The van der Waals surface area contributed by atoms with Crippen molar-refractivity contribution in [2.45, 2.75) is 174 Å². The Labute approximate surface area is 474 Å². The van der Waals surface area contributed by atoms with E-state index in [0.29, 0.717) is 0 Å². The van der Waals surface area contributed by atoms with Crippen LogP contribution < -0.4 is 31.1 Å². The maximum absolute atomic E-state index is 2.75. The first-order valence-electron chi connectivity index (χ1n) is 29.6. The van der Waals surface area contributed by atoms with Crippen LogP contribution in [0.3, 0.4) is 0 Å². The Bertz CT molecular complexity index is 3760. The van der Waals surface area contributed by atoms with Gasteiger partial charge in [-0.1, -0.05) is 196 Å². The van der Waals surface area contributed by atoms with E-state index in [1.54, 1.807) is 0 Å². The summed E-state index contributed by atoms with van der Waals surface area (Å²) in [4.78, 5) is 7.95. The van der Waals surface area contributed by atoms with Crippen LogP contribution in [0.25, 0.3) is 11.1 Å². The van der Waals surface area contributed by atoms with Crippen molar-refractivity contribution in [3.63, 3.8) is 0 Å². The fraction of sp³-hybridized carbons (Fsp3) is 0.360. The summed E-state index contributed by atoms with van der Waals surface area (Å²) >= 11 is 0. The van der Waals surface area contributed by atoms with Gasteiger partial charge in [0, 0.05) is 50.9 Å². The van der Waals surface area contributed by atoms with Crippen molar-refractivity contribution in [2.24, 2.45) is 0 Å². The highest BCUT2D eigenvalue weighted by molar-refractivity contribution is 7.00. The average Bonchev–Trinajstić information content (AvgIpc) is 2.73. The quantitative estimate of drug-likeness (QED) is 0.159. The molecule has 2 aliphatic heterocycles. The summed E-state index contributed by atoms with van der Waals surface area (Å²) in [7, 11) is 0. The molecule has 3 nitrogen and oxygen atoms in total. The molecule has 4 heteroatoms. The lowest BCUT2D eigenvalue weighted by Crippen LogP contribution is -2.62. The molecule has 2 heterocycles. The topological polar surface area (TPSA) is 9.72 Å². The van der Waals surface area contributed by atoms with Crippen LogP contribution in [0, 0.1) is 0 Å². The monoisotopic (exact) mass is 1040 g/mol. The Morgan fingerprint density at radius 3 is 1.52 bits per heavy atom. The number of fused-ring (bicyclic) bond motifs is 9. The average molecular weight is 1040 g/mol. The molecule has 0 fully saturated rings. The molecule has 0 bridgehead atoms. The lowest BCUT2D eigenvalue weighted by atomic mass is 9.33. The molecule has 0 aromatic heterocycles. The van der Waals surface area contributed by atoms with E-state index in [4.69, 9.17) is 0 Å². The minimum Gasteiger partial charge on any atom is -0.311 e. The Balaban J connectivity index is 1.19. The molecule has 79 heavy (non-hydrogen) atoms. The van der Waals surface area contributed by atoms with Gasteiger partial charge in [-0.3, -0.25) is 0 Å². The maximum atomic E-state index is 2.75. The number of para-hydroxylation sites is 2. The fourth-order valence-corrected chi connectivity index (χ4v) is 15.3. The molecule has 0 N–H and O–H groups in total. The van der Waals surface area contributed by atoms with Gasteiger partial charge in [0.2, 0.25) is 0 Å². The van der Waals surface area contributed by atoms with Crippen LogP contribution >= 0.6 is 0 Å². The summed E-state index contributed by atoms with van der Waals surface area (Å²) in [6.45, 7) is 39.4. The van der Waals surface area contributed by atoms with E-state index in [1.807, 2.05) is 0 Å². The third-order valence-corrected chi connectivity index (χ3v) is 20.0. The van der Waals surface area contributed by atoms with E-state index in [1.165, 1.54) is 119 Å². The van der Waals surface area contributed by atoms with Crippen molar-refractivity contribution in [3.8, 4) is 11.1 Å². The van der Waals surface area contributed by atoms with Gasteiger partial charge in [0.05, 0.1) is 5.69 Å². The molecule has 400 valence electrons. The van der Waals surface area contributed by atoms with Gasteiger partial charge in [0.15, 0.2) is 0 Å². The number of anilines is 9. The van der Waals surface area contributed by atoms with Crippen molar-refractivity contribution >= 4 is 74.3 Å². The van der Waals surface area contributed by atoms with Gasteiger partial charge in [0.25, 0.3) is 6.71 Å². The molecule has 0 atom stereocenters. The second-order valence-electron chi connectivity index (χ2n) is 29.6. The zero-order valence-electron chi connectivity index (χ0n) is 50.3. The molecule has 0 spiro atoms. The van der Waals surface area contributed by atoms with Crippen LogP contribution in [0.2, 0.25) is 0 Å². The van der Waals surface area contributed by atoms with E-state index >= 15 is 0 Å². The molecule has 0 saturated heterocycles. The molecule has 0 saturated carbocycles. The van der Waals surface area contributed by atoms with Crippen molar-refractivity contribution in [1.29, 1.82) is 0 Å². The zero-order valence-corrected chi connectivity index (χ0v) is 50.3. The minimum atomic E-state index is -0.226. The van der Waals surface area contributed by atoms with Crippen LogP contribution in [0.1, 0.15) is 181 Å². The summed E-state index contributed by atoms with van der Waals surface area (Å²) in [5.41, 5.74) is 29.0. The predicted molar refractivity (Wildman–Crippen MR) is 341 cm³/mol. The van der Waals surface area contributed by atoms with Gasteiger partial charge in [-0.25, -0.2) is 0 Å². The molecule has 8 aromatic carbocycles. The summed E-state index contributed by atoms with van der Waals surface area (Å²) in [5.74, 6) is 0. The van der Waals surface area contributed by atoms with Crippen molar-refractivity contribution < 1.29 is 0 Å². The fourth-order valence-electron chi connectivity index (χ4n) is 15.3. The molecule has 0 unspecified atom stereocenters. The lowest BCUT2D eigenvalue weighted by Gasteiger charge is -2.49. The van der Waals surface area contributed by atoms with E-state index in [0.717, 1.165) is 29.9 Å². The Morgan fingerprint density at radius 1 is 0.392 bits per heavy atom. The van der Waals surface area contributed by atoms with Crippen molar-refractivity contribution in [3.05, 3.63) is 202 Å². The number of rotatable bonds is 5. The lowest BCUT2D eigenvalue weighted by molar-refractivity contribution is 0.332. The smallest absolute Gasteiger partial charge is 0.252 e. The van der Waals surface area contributed by atoms with Crippen molar-refractivity contribution in [1.82, 2.24) is 0 Å². The van der Waals surface area contributed by atoms with Gasteiger partial charge < -0.3 is 14.7 Å². The highest BCUT2D eigenvalue weighted by Gasteiger charge is 2.50. The Hall–Kier alpha value is -6.78. The van der Waals surface area contributed by atoms with E-state index < -0.39 is 0 Å². The molecule has 5 aliphatic rings. The van der Waals surface area contributed by atoms with E-state index in [9.17, 15) is 0 Å². The number of hydrogen-bond donors (Lipinski definition) is 0. The van der Waals surface area contributed by atoms with Gasteiger partial charge in [0.1, 0.15) is 0 Å². The predicted octanol–water partition coefficient (Wildman–Crippen LogP) is 18.8.